The third-order valence-electron chi connectivity index (χ3n) is 15.2. The fourth-order valence-electron chi connectivity index (χ4n) is 10.0. The molecule has 0 rings (SSSR count). The first-order valence-electron chi connectivity index (χ1n) is 34.3. The summed E-state index contributed by atoms with van der Waals surface area (Å²) < 4.78 is 16.9. The Morgan fingerprint density at radius 2 is 0.474 bits per heavy atom. The molecule has 454 valence electrons. The number of carbonyl (C=O) groups excluding carboxylic acids is 3. The quantitative estimate of drug-likeness (QED) is 0.0261. The molecule has 0 aromatic heterocycles. The predicted molar refractivity (Wildman–Crippen MR) is 339 cm³/mol. The van der Waals surface area contributed by atoms with Gasteiger partial charge in [0.25, 0.3) is 0 Å². The second kappa shape index (κ2) is 66.6. The Morgan fingerprint density at radius 3 is 0.782 bits per heavy atom. The van der Waals surface area contributed by atoms with Crippen molar-refractivity contribution < 1.29 is 28.6 Å². The minimum Gasteiger partial charge on any atom is -0.462 e. The lowest BCUT2D eigenvalue weighted by molar-refractivity contribution is -0.167. The normalized spacial score (nSPS) is 12.4. The molecule has 0 aliphatic rings. The molecular weight excluding hydrogens is 961 g/mol. The maximum absolute atomic E-state index is 12.9. The van der Waals surface area contributed by atoms with E-state index in [-0.39, 0.29) is 31.1 Å². The second-order valence-electron chi connectivity index (χ2n) is 23.1. The molecule has 0 aromatic carbocycles. The Kier molecular flexibility index (Phi) is 64.2. The van der Waals surface area contributed by atoms with Crippen molar-refractivity contribution in [2.45, 2.75) is 367 Å². The molecule has 0 spiro atoms. The Hall–Kier alpha value is -2.89. The van der Waals surface area contributed by atoms with Gasteiger partial charge in [0.15, 0.2) is 6.10 Å². The number of rotatable bonds is 63. The summed E-state index contributed by atoms with van der Waals surface area (Å²) in [5, 5.41) is 0. The molecule has 1 atom stereocenters. The number of carbonyl (C=O) groups is 3. The van der Waals surface area contributed by atoms with Gasteiger partial charge >= 0.3 is 17.9 Å². The average molecular weight is 1090 g/mol. The van der Waals surface area contributed by atoms with Crippen LogP contribution in [0.3, 0.4) is 0 Å². The van der Waals surface area contributed by atoms with Crippen molar-refractivity contribution in [1.82, 2.24) is 0 Å². The highest BCUT2D eigenvalue weighted by molar-refractivity contribution is 5.71. The van der Waals surface area contributed by atoms with Crippen LogP contribution >= 0.6 is 0 Å². The van der Waals surface area contributed by atoms with Crippen molar-refractivity contribution >= 4 is 17.9 Å². The predicted octanol–water partition coefficient (Wildman–Crippen LogP) is 23.5. The molecule has 0 aliphatic heterocycles. The topological polar surface area (TPSA) is 78.9 Å². The van der Waals surface area contributed by atoms with E-state index in [1.807, 2.05) is 0 Å². The van der Waals surface area contributed by atoms with Crippen molar-refractivity contribution in [2.24, 2.45) is 0 Å². The van der Waals surface area contributed by atoms with Crippen molar-refractivity contribution in [3.8, 4) is 0 Å². The van der Waals surface area contributed by atoms with E-state index >= 15 is 0 Å². The van der Waals surface area contributed by atoms with Crippen LogP contribution in [0.1, 0.15) is 361 Å². The lowest BCUT2D eigenvalue weighted by Crippen LogP contribution is -2.30. The zero-order valence-electron chi connectivity index (χ0n) is 52.2. The summed E-state index contributed by atoms with van der Waals surface area (Å²) in [4.78, 5) is 38.3. The fourth-order valence-corrected chi connectivity index (χ4v) is 10.0. The van der Waals surface area contributed by atoms with Gasteiger partial charge in [-0.1, -0.05) is 300 Å². The molecule has 0 fully saturated rings. The minimum absolute atomic E-state index is 0.0817. The Bertz CT molecular complexity index is 1390. The summed E-state index contributed by atoms with van der Waals surface area (Å²) in [5.41, 5.74) is 0. The molecule has 78 heavy (non-hydrogen) atoms. The van der Waals surface area contributed by atoms with Gasteiger partial charge in [-0.05, 0) is 103 Å². The average Bonchev–Trinajstić information content (AvgIpc) is 3.44. The van der Waals surface area contributed by atoms with E-state index in [0.717, 1.165) is 103 Å². The maximum Gasteiger partial charge on any atom is 0.306 e. The summed E-state index contributed by atoms with van der Waals surface area (Å²) in [5.74, 6) is -0.892. The monoisotopic (exact) mass is 1090 g/mol. The van der Waals surface area contributed by atoms with Gasteiger partial charge in [0.05, 0.1) is 0 Å². The molecule has 0 aromatic rings. The Balaban J connectivity index is 4.16. The zero-order valence-corrected chi connectivity index (χ0v) is 52.2. The van der Waals surface area contributed by atoms with E-state index in [2.05, 4.69) is 81.5 Å². The van der Waals surface area contributed by atoms with Crippen LogP contribution in [0.4, 0.5) is 0 Å². The van der Waals surface area contributed by atoms with Crippen LogP contribution in [-0.2, 0) is 28.6 Å². The highest BCUT2D eigenvalue weighted by Gasteiger charge is 2.19. The van der Waals surface area contributed by atoms with Gasteiger partial charge in [-0.25, -0.2) is 0 Å². The second-order valence-corrected chi connectivity index (χ2v) is 23.1. The zero-order chi connectivity index (χ0) is 56.4. The maximum atomic E-state index is 12.9. The molecule has 0 amide bonds. The lowest BCUT2D eigenvalue weighted by Gasteiger charge is -2.18. The Labute approximate surface area is 485 Å². The number of unbranched alkanes of at least 4 members (excludes halogenated alkanes) is 42. The van der Waals surface area contributed by atoms with Crippen molar-refractivity contribution in [3.05, 3.63) is 60.8 Å². The van der Waals surface area contributed by atoms with E-state index < -0.39 is 6.10 Å². The van der Waals surface area contributed by atoms with Crippen LogP contribution in [0.25, 0.3) is 0 Å². The third-order valence-corrected chi connectivity index (χ3v) is 15.2. The molecule has 1 unspecified atom stereocenters. The van der Waals surface area contributed by atoms with Gasteiger partial charge in [0.1, 0.15) is 13.2 Å². The van der Waals surface area contributed by atoms with E-state index in [4.69, 9.17) is 14.2 Å². The van der Waals surface area contributed by atoms with E-state index in [0.29, 0.717) is 19.3 Å². The molecule has 0 N–H and O–H groups in total. The molecule has 0 heterocycles. The van der Waals surface area contributed by atoms with E-state index in [9.17, 15) is 14.4 Å². The van der Waals surface area contributed by atoms with Gasteiger partial charge in [-0.3, -0.25) is 14.4 Å². The first-order valence-corrected chi connectivity index (χ1v) is 34.3. The summed E-state index contributed by atoms with van der Waals surface area (Å²) in [6.07, 6.45) is 85.4. The number of hydrogen-bond acceptors (Lipinski definition) is 6. The van der Waals surface area contributed by atoms with Gasteiger partial charge in [0.2, 0.25) is 0 Å². The van der Waals surface area contributed by atoms with Crippen molar-refractivity contribution in [1.29, 1.82) is 0 Å². The summed E-state index contributed by atoms with van der Waals surface area (Å²) in [6, 6.07) is 0. The molecule has 6 heteroatoms. The number of esters is 3. The van der Waals surface area contributed by atoms with E-state index in [1.54, 1.807) is 0 Å². The van der Waals surface area contributed by atoms with Gasteiger partial charge in [0, 0.05) is 19.3 Å². The molecule has 0 radical (unpaired) electrons. The fraction of sp³-hybridized carbons (Fsp3) is 0.819. The summed E-state index contributed by atoms with van der Waals surface area (Å²) in [6.45, 7) is 6.59. The van der Waals surface area contributed by atoms with Crippen LogP contribution in [0.2, 0.25) is 0 Å². The Morgan fingerprint density at radius 1 is 0.256 bits per heavy atom. The highest BCUT2D eigenvalue weighted by atomic mass is 16.6. The van der Waals surface area contributed by atoms with Crippen LogP contribution in [-0.4, -0.2) is 37.2 Å². The summed E-state index contributed by atoms with van der Waals surface area (Å²) >= 11 is 0. The smallest absolute Gasteiger partial charge is 0.306 e. The molecular formula is C72H130O6. The van der Waals surface area contributed by atoms with E-state index in [1.165, 1.54) is 218 Å². The molecule has 0 aliphatic carbocycles. The minimum atomic E-state index is -0.787. The third kappa shape index (κ3) is 63.9. The highest BCUT2D eigenvalue weighted by Crippen LogP contribution is 2.17. The van der Waals surface area contributed by atoms with Crippen LogP contribution < -0.4 is 0 Å². The van der Waals surface area contributed by atoms with Gasteiger partial charge in [-0.2, -0.15) is 0 Å². The molecule has 6 nitrogen and oxygen atoms in total. The standard InChI is InChI=1S/C72H130O6/c1-4-7-10-13-16-19-22-25-28-29-30-31-32-33-34-35-36-37-38-39-40-41-42-43-45-47-50-53-56-59-62-65-71(74)77-68-69(67-76-70(73)64-61-58-55-52-49-46-27-24-21-18-15-12-9-6-3)78-72(75)66-63-60-57-54-51-48-44-26-23-20-17-14-11-8-5-2/h15,17-18,20,24,26-27,29-30,44,69H,4-14,16,19,21-23,25,28,31-43,45-68H2,1-3H3/b18-15-,20-17-,27-24-,30-29-,44-26-. The number of ether oxygens (including phenoxy) is 3. The van der Waals surface area contributed by atoms with Crippen LogP contribution in [0.5, 0.6) is 0 Å². The van der Waals surface area contributed by atoms with Crippen molar-refractivity contribution in [2.75, 3.05) is 13.2 Å². The number of allylic oxidation sites excluding steroid dienone is 10. The van der Waals surface area contributed by atoms with Crippen LogP contribution in [0, 0.1) is 0 Å². The SMILES string of the molecule is CCCC/C=C\C/C=C\CCCCCCCC(=O)OCC(COC(=O)CCCCCCCCCCCCCCCCCCCCC/C=C\CCCCCCCCCC)OC(=O)CCCCCCC/C=C\C/C=C\CCCCC. The van der Waals surface area contributed by atoms with Crippen molar-refractivity contribution in [3.63, 3.8) is 0 Å². The number of hydrogen-bond donors (Lipinski definition) is 0. The van der Waals surface area contributed by atoms with Crippen LogP contribution in [0.15, 0.2) is 60.8 Å². The largest absolute Gasteiger partial charge is 0.462 e. The lowest BCUT2D eigenvalue weighted by atomic mass is 10.0. The summed E-state index contributed by atoms with van der Waals surface area (Å²) in [7, 11) is 0. The molecule has 0 saturated carbocycles. The van der Waals surface area contributed by atoms with Gasteiger partial charge in [-0.15, -0.1) is 0 Å². The van der Waals surface area contributed by atoms with Gasteiger partial charge < -0.3 is 14.2 Å². The molecule has 0 bridgehead atoms. The first-order chi connectivity index (χ1) is 38.5. The first kappa shape index (κ1) is 75.1. The molecule has 0 saturated heterocycles.